The van der Waals surface area contributed by atoms with Crippen molar-refractivity contribution in [2.24, 2.45) is 0 Å². The Balaban J connectivity index is 3.98. The van der Waals surface area contributed by atoms with E-state index in [-0.39, 0.29) is 4.84 Å². The van der Waals surface area contributed by atoms with Crippen LogP contribution in [-0.2, 0) is 0 Å². The molecule has 0 spiro atoms. The van der Waals surface area contributed by atoms with E-state index in [1.807, 2.05) is 6.92 Å². The van der Waals surface area contributed by atoms with Gasteiger partial charge in [0.15, 0.2) is 9.17 Å². The third kappa shape index (κ3) is 3.92. The number of hydrogen-bond acceptors (Lipinski definition) is 0. The molecule has 0 atom stereocenters. The van der Waals surface area contributed by atoms with E-state index in [1.165, 1.54) is 0 Å². The van der Waals surface area contributed by atoms with Crippen LogP contribution in [0.25, 0.3) is 0 Å². The minimum absolute atomic E-state index is 0.0551. The lowest BCUT2D eigenvalue weighted by molar-refractivity contribution is 1.14. The number of rotatable bonds is 3. The van der Waals surface area contributed by atoms with Crippen molar-refractivity contribution in [1.29, 1.82) is 0 Å². The first-order valence-corrected chi connectivity index (χ1v) is 4.26. The lowest BCUT2D eigenvalue weighted by Gasteiger charge is -2.13. The molecule has 0 unspecified atom stereocenters. The molecule has 0 nitrogen and oxygen atoms in total. The fraction of sp³-hybridized carbons (Fsp3) is 0.500. The van der Waals surface area contributed by atoms with Crippen molar-refractivity contribution in [2.75, 3.05) is 0 Å². The molecule has 0 bridgehead atoms. The second-order valence-corrected chi connectivity index (χ2v) is 4.03. The predicted molar refractivity (Wildman–Crippen MR) is 48.8 cm³/mol. The van der Waals surface area contributed by atoms with Gasteiger partial charge in [-0.2, -0.15) is 0 Å². The minimum Gasteiger partial charge on any atom is -0.0944 e. The molecule has 0 N–H and O–H groups in total. The highest BCUT2D eigenvalue weighted by molar-refractivity contribution is 6.66. The summed E-state index contributed by atoms with van der Waals surface area (Å²) in [4.78, 5) is -0.0551. The normalized spacial score (nSPS) is 13.4. The summed E-state index contributed by atoms with van der Waals surface area (Å²) >= 11 is 22.0. The van der Waals surface area contributed by atoms with Gasteiger partial charge in [-0.3, -0.25) is 0 Å². The van der Waals surface area contributed by atoms with Gasteiger partial charge < -0.3 is 0 Å². The topological polar surface area (TPSA) is 0 Å². The highest BCUT2D eigenvalue weighted by Gasteiger charge is 2.29. The number of halogens is 4. The molecule has 1 radical (unpaired) electrons. The van der Waals surface area contributed by atoms with Crippen LogP contribution in [0.1, 0.15) is 13.3 Å². The van der Waals surface area contributed by atoms with Gasteiger partial charge in [0, 0.05) is 0 Å². The Morgan fingerprint density at radius 3 is 2.20 bits per heavy atom. The van der Waals surface area contributed by atoms with Gasteiger partial charge >= 0.3 is 0 Å². The minimum atomic E-state index is -1.24. The molecule has 0 heterocycles. The summed E-state index contributed by atoms with van der Waals surface area (Å²) in [6, 6.07) is 0. The molecule has 0 saturated carbocycles. The third-order valence-corrected chi connectivity index (χ3v) is 2.43. The van der Waals surface area contributed by atoms with Gasteiger partial charge in [0.1, 0.15) is 0 Å². The molecular weight excluding hydrogens is 214 g/mol. The molecule has 0 fully saturated rings. The molecule has 4 heteroatoms. The average molecular weight is 221 g/mol. The first-order chi connectivity index (χ1) is 4.50. The van der Waals surface area contributed by atoms with Crippen LogP contribution in [0, 0.1) is 4.84 Å². The highest BCUT2D eigenvalue weighted by Crippen LogP contribution is 2.39. The maximum atomic E-state index is 5.63. The summed E-state index contributed by atoms with van der Waals surface area (Å²) in [5.41, 5.74) is 0. The van der Waals surface area contributed by atoms with Gasteiger partial charge in [-0.15, -0.1) is 0 Å². The van der Waals surface area contributed by atoms with E-state index in [9.17, 15) is 0 Å². The van der Waals surface area contributed by atoms with Crippen LogP contribution in [0.4, 0.5) is 0 Å². The standard InChI is InChI=1S/C6H7Cl4/c1-2-3-4-6(9,10)5(7)8/h3-4H,2H2,1H3. The Morgan fingerprint density at radius 2 is 1.90 bits per heavy atom. The summed E-state index contributed by atoms with van der Waals surface area (Å²) in [5, 5.41) is 0. The summed E-state index contributed by atoms with van der Waals surface area (Å²) in [7, 11) is 0. The molecule has 10 heavy (non-hydrogen) atoms. The van der Waals surface area contributed by atoms with E-state index >= 15 is 0 Å². The zero-order chi connectivity index (χ0) is 8.20. The first-order valence-electron chi connectivity index (χ1n) is 2.74. The molecule has 0 aromatic heterocycles. The summed E-state index contributed by atoms with van der Waals surface area (Å²) in [5.74, 6) is 0. The van der Waals surface area contributed by atoms with Crippen molar-refractivity contribution >= 4 is 46.4 Å². The van der Waals surface area contributed by atoms with Crippen molar-refractivity contribution in [3.8, 4) is 0 Å². The molecule has 0 aliphatic carbocycles. The smallest absolute Gasteiger partial charge is 0.0944 e. The Morgan fingerprint density at radius 1 is 1.40 bits per heavy atom. The van der Waals surface area contributed by atoms with Gasteiger partial charge in [-0.05, 0) is 12.5 Å². The average Bonchev–Trinajstić information content (AvgIpc) is 1.84. The van der Waals surface area contributed by atoms with Crippen molar-refractivity contribution in [3.05, 3.63) is 17.0 Å². The van der Waals surface area contributed by atoms with E-state index in [1.54, 1.807) is 12.2 Å². The number of alkyl halides is 2. The van der Waals surface area contributed by atoms with Crippen LogP contribution < -0.4 is 0 Å². The SMILES string of the molecule is CCC=CC(Cl)(Cl)[C](Cl)Cl. The van der Waals surface area contributed by atoms with Crippen LogP contribution >= 0.6 is 46.4 Å². The van der Waals surface area contributed by atoms with Crippen LogP contribution in [0.5, 0.6) is 0 Å². The quantitative estimate of drug-likeness (QED) is 0.497. The molecule has 0 aromatic rings. The maximum absolute atomic E-state index is 5.63. The zero-order valence-corrected chi connectivity index (χ0v) is 8.40. The Kier molecular flexibility index (Phi) is 5.14. The lowest BCUT2D eigenvalue weighted by Crippen LogP contribution is -2.11. The molecule has 59 valence electrons. The van der Waals surface area contributed by atoms with Crippen LogP contribution in [0.15, 0.2) is 12.2 Å². The van der Waals surface area contributed by atoms with Crippen LogP contribution in [0.3, 0.4) is 0 Å². The number of hydrogen-bond donors (Lipinski definition) is 0. The molecule has 0 rings (SSSR count). The lowest BCUT2D eigenvalue weighted by atomic mass is 10.3. The van der Waals surface area contributed by atoms with Crippen LogP contribution in [-0.4, -0.2) is 4.33 Å². The fourth-order valence-electron chi connectivity index (χ4n) is 0.329. The van der Waals surface area contributed by atoms with E-state index in [2.05, 4.69) is 0 Å². The molecule has 0 aliphatic rings. The Labute approximate surface area is 81.1 Å². The molecule has 0 saturated heterocycles. The van der Waals surface area contributed by atoms with Gasteiger partial charge in [0.05, 0.1) is 0 Å². The summed E-state index contributed by atoms with van der Waals surface area (Å²) in [6.45, 7) is 1.96. The van der Waals surface area contributed by atoms with Crippen molar-refractivity contribution in [2.45, 2.75) is 17.7 Å². The highest BCUT2D eigenvalue weighted by atomic mass is 35.5. The van der Waals surface area contributed by atoms with E-state index in [0.717, 1.165) is 6.42 Å². The van der Waals surface area contributed by atoms with E-state index in [0.29, 0.717) is 0 Å². The fourth-order valence-corrected chi connectivity index (χ4v) is 0.633. The Hall–Kier alpha value is 0.900. The van der Waals surface area contributed by atoms with Gasteiger partial charge in [-0.25, -0.2) is 0 Å². The second kappa shape index (κ2) is 4.71. The van der Waals surface area contributed by atoms with Gasteiger partial charge in [0.25, 0.3) is 0 Å². The number of allylic oxidation sites excluding steroid dienone is 2. The van der Waals surface area contributed by atoms with Crippen molar-refractivity contribution in [3.63, 3.8) is 0 Å². The summed E-state index contributed by atoms with van der Waals surface area (Å²) < 4.78 is -1.24. The van der Waals surface area contributed by atoms with Gasteiger partial charge in [0.2, 0.25) is 0 Å². The predicted octanol–water partition coefficient (Wildman–Crippen LogP) is 4.09. The maximum Gasteiger partial charge on any atom is 0.190 e. The largest absolute Gasteiger partial charge is 0.190 e. The molecular formula is C6H7Cl4. The third-order valence-electron chi connectivity index (χ3n) is 0.815. The monoisotopic (exact) mass is 219 g/mol. The second-order valence-electron chi connectivity index (χ2n) is 1.69. The molecule has 0 aromatic carbocycles. The summed E-state index contributed by atoms with van der Waals surface area (Å²) in [6.07, 6.45) is 4.19. The molecule has 0 aliphatic heterocycles. The van der Waals surface area contributed by atoms with E-state index < -0.39 is 4.33 Å². The van der Waals surface area contributed by atoms with Crippen molar-refractivity contribution in [1.82, 2.24) is 0 Å². The van der Waals surface area contributed by atoms with Gasteiger partial charge in [-0.1, -0.05) is 59.4 Å². The zero-order valence-electron chi connectivity index (χ0n) is 5.37. The van der Waals surface area contributed by atoms with Crippen LogP contribution in [0.2, 0.25) is 0 Å². The Bertz CT molecular complexity index is 117. The first kappa shape index (κ1) is 10.9. The van der Waals surface area contributed by atoms with E-state index in [4.69, 9.17) is 46.4 Å². The van der Waals surface area contributed by atoms with Crippen molar-refractivity contribution < 1.29 is 0 Å². The molecule has 0 amide bonds.